The molecule has 0 aromatic heterocycles. The highest BCUT2D eigenvalue weighted by atomic mass is 32.2. The zero-order valence-electron chi connectivity index (χ0n) is 14.2. The third kappa shape index (κ3) is 6.47. The Morgan fingerprint density at radius 1 is 1.38 bits per heavy atom. The molecular formula is C15H32N2O2S2. The monoisotopic (exact) mass is 336 g/mol. The summed E-state index contributed by atoms with van der Waals surface area (Å²) in [6, 6.07) is 0. The number of sulfone groups is 1. The molecule has 1 aliphatic rings. The minimum atomic E-state index is -2.99. The molecular weight excluding hydrogens is 304 g/mol. The first-order chi connectivity index (χ1) is 9.68. The molecule has 1 saturated heterocycles. The van der Waals surface area contributed by atoms with E-state index >= 15 is 0 Å². The Morgan fingerprint density at radius 2 is 2.05 bits per heavy atom. The summed E-state index contributed by atoms with van der Waals surface area (Å²) in [4.78, 5) is 2.19. The van der Waals surface area contributed by atoms with Crippen LogP contribution in [0.3, 0.4) is 0 Å². The second-order valence-electron chi connectivity index (χ2n) is 7.14. The van der Waals surface area contributed by atoms with Gasteiger partial charge in [-0.25, -0.2) is 8.42 Å². The van der Waals surface area contributed by atoms with Crippen molar-refractivity contribution in [2.45, 2.75) is 40.0 Å². The Bertz CT molecular complexity index is 408. The van der Waals surface area contributed by atoms with Crippen LogP contribution in [0.4, 0.5) is 0 Å². The van der Waals surface area contributed by atoms with Crippen molar-refractivity contribution in [2.24, 2.45) is 11.3 Å². The molecule has 21 heavy (non-hydrogen) atoms. The first-order valence-corrected chi connectivity index (χ1v) is 10.8. The van der Waals surface area contributed by atoms with E-state index in [0.717, 1.165) is 31.9 Å². The number of hydrogen-bond acceptors (Lipinski definition) is 5. The highest BCUT2D eigenvalue weighted by molar-refractivity contribution is 8.01. The van der Waals surface area contributed by atoms with E-state index in [0.29, 0.717) is 11.7 Å². The van der Waals surface area contributed by atoms with E-state index < -0.39 is 9.84 Å². The van der Waals surface area contributed by atoms with Crippen molar-refractivity contribution in [3.8, 4) is 0 Å². The number of rotatable bonds is 8. The van der Waals surface area contributed by atoms with Gasteiger partial charge in [-0.3, -0.25) is 4.90 Å². The molecule has 0 saturated carbocycles. The number of nitrogens with one attached hydrogen (secondary N) is 1. The van der Waals surface area contributed by atoms with Crippen molar-refractivity contribution in [2.75, 3.05) is 43.4 Å². The first-order valence-electron chi connectivity index (χ1n) is 7.92. The summed E-state index contributed by atoms with van der Waals surface area (Å²) >= 11 is 1.76. The van der Waals surface area contributed by atoms with Crippen LogP contribution >= 0.6 is 11.8 Å². The fourth-order valence-electron chi connectivity index (χ4n) is 2.62. The van der Waals surface area contributed by atoms with E-state index in [1.807, 2.05) is 0 Å². The molecule has 0 aliphatic carbocycles. The van der Waals surface area contributed by atoms with Gasteiger partial charge in [-0.05, 0) is 17.9 Å². The van der Waals surface area contributed by atoms with Crippen molar-refractivity contribution in [3.05, 3.63) is 0 Å². The molecule has 1 atom stereocenters. The average Bonchev–Trinajstić information content (AvgIpc) is 2.38. The Kier molecular flexibility index (Phi) is 7.50. The third-order valence-electron chi connectivity index (χ3n) is 3.79. The van der Waals surface area contributed by atoms with E-state index in [-0.39, 0.29) is 16.5 Å². The van der Waals surface area contributed by atoms with Gasteiger partial charge in [-0.15, -0.1) is 0 Å². The Labute approximate surface area is 135 Å². The predicted octanol–water partition coefficient (Wildman–Crippen LogP) is 2.07. The lowest BCUT2D eigenvalue weighted by Crippen LogP contribution is -2.52. The minimum absolute atomic E-state index is 0.0818. The van der Waals surface area contributed by atoms with Gasteiger partial charge in [0.15, 0.2) is 9.84 Å². The van der Waals surface area contributed by atoms with Gasteiger partial charge in [0.05, 0.1) is 0 Å². The van der Waals surface area contributed by atoms with Gasteiger partial charge in [-0.1, -0.05) is 34.6 Å². The van der Waals surface area contributed by atoms with Crippen LogP contribution in [0.15, 0.2) is 0 Å². The van der Waals surface area contributed by atoms with E-state index in [1.165, 1.54) is 0 Å². The summed E-state index contributed by atoms with van der Waals surface area (Å²) < 4.78 is 24.6. The van der Waals surface area contributed by atoms with Crippen LogP contribution in [0.2, 0.25) is 0 Å². The zero-order valence-corrected chi connectivity index (χ0v) is 15.8. The maximum Gasteiger partial charge on any atom is 0.166 e. The normalized spacial score (nSPS) is 21.9. The summed E-state index contributed by atoms with van der Waals surface area (Å²) in [7, 11) is -2.99. The molecule has 1 heterocycles. The molecule has 0 aromatic carbocycles. The van der Waals surface area contributed by atoms with Crippen LogP contribution in [0.1, 0.15) is 34.6 Å². The predicted molar refractivity (Wildman–Crippen MR) is 93.6 cm³/mol. The van der Waals surface area contributed by atoms with Crippen molar-refractivity contribution < 1.29 is 8.42 Å². The number of nitrogens with zero attached hydrogens (tertiary/aromatic N) is 1. The molecule has 1 aliphatic heterocycles. The van der Waals surface area contributed by atoms with Crippen molar-refractivity contribution in [1.29, 1.82) is 0 Å². The van der Waals surface area contributed by atoms with Gasteiger partial charge in [0.2, 0.25) is 0 Å². The lowest BCUT2D eigenvalue weighted by molar-refractivity contribution is 0.170. The Morgan fingerprint density at radius 3 is 2.62 bits per heavy atom. The van der Waals surface area contributed by atoms with Crippen LogP contribution in [0.5, 0.6) is 0 Å². The first kappa shape index (κ1) is 19.3. The summed E-state index contributed by atoms with van der Waals surface area (Å²) in [6.07, 6.45) is 0. The summed E-state index contributed by atoms with van der Waals surface area (Å²) in [5.74, 6) is 2.62. The molecule has 1 N–H and O–H groups in total. The molecule has 0 aromatic rings. The van der Waals surface area contributed by atoms with Crippen LogP contribution < -0.4 is 5.32 Å². The smallest absolute Gasteiger partial charge is 0.166 e. The largest absolute Gasteiger partial charge is 0.316 e. The molecule has 0 radical (unpaired) electrons. The summed E-state index contributed by atoms with van der Waals surface area (Å²) in [6.45, 7) is 14.2. The quantitative estimate of drug-likeness (QED) is 0.735. The second-order valence-corrected chi connectivity index (χ2v) is 10.7. The topological polar surface area (TPSA) is 49.4 Å². The third-order valence-corrected chi connectivity index (χ3v) is 7.13. The van der Waals surface area contributed by atoms with Gasteiger partial charge in [0, 0.05) is 36.9 Å². The lowest BCUT2D eigenvalue weighted by Gasteiger charge is -2.40. The fraction of sp³-hybridized carbons (Fsp3) is 1.00. The van der Waals surface area contributed by atoms with Crippen LogP contribution in [-0.4, -0.2) is 62.1 Å². The maximum atomic E-state index is 12.3. The molecule has 4 nitrogen and oxygen atoms in total. The van der Waals surface area contributed by atoms with Crippen molar-refractivity contribution >= 4 is 21.6 Å². The highest BCUT2D eigenvalue weighted by Crippen LogP contribution is 2.26. The lowest BCUT2D eigenvalue weighted by atomic mass is 9.92. The summed E-state index contributed by atoms with van der Waals surface area (Å²) in [5.41, 5.74) is 0.0818. The van der Waals surface area contributed by atoms with Crippen LogP contribution in [-0.2, 0) is 9.84 Å². The fourth-order valence-corrected chi connectivity index (χ4v) is 5.70. The summed E-state index contributed by atoms with van der Waals surface area (Å²) in [5, 5.41) is 3.20. The van der Waals surface area contributed by atoms with Crippen LogP contribution in [0, 0.1) is 11.3 Å². The minimum Gasteiger partial charge on any atom is -0.316 e. The molecule has 1 fully saturated rings. The molecule has 126 valence electrons. The van der Waals surface area contributed by atoms with Gasteiger partial charge in [-0.2, -0.15) is 11.8 Å². The molecule has 0 bridgehead atoms. The highest BCUT2D eigenvalue weighted by Gasteiger charge is 2.35. The number of hydrogen-bond donors (Lipinski definition) is 1. The Balaban J connectivity index is 2.64. The maximum absolute atomic E-state index is 12.3. The van der Waals surface area contributed by atoms with E-state index in [9.17, 15) is 8.42 Å². The molecule has 6 heteroatoms. The average molecular weight is 337 g/mol. The van der Waals surface area contributed by atoms with E-state index in [4.69, 9.17) is 0 Å². The van der Waals surface area contributed by atoms with Crippen molar-refractivity contribution in [1.82, 2.24) is 10.2 Å². The Hall–Kier alpha value is 0.220. The van der Waals surface area contributed by atoms with Crippen molar-refractivity contribution in [3.63, 3.8) is 0 Å². The molecule has 1 unspecified atom stereocenters. The van der Waals surface area contributed by atoms with Gasteiger partial charge in [0.1, 0.15) is 5.37 Å². The molecule has 1 rings (SSSR count). The van der Waals surface area contributed by atoms with Gasteiger partial charge >= 0.3 is 0 Å². The second kappa shape index (κ2) is 8.18. The standard InChI is InChI=1S/C15H32N2O2S2/c1-6-21(18,19)14-10-20-8-7-17(14)12-15(4,5)11-16-9-13(2)3/h13-14,16H,6-12H2,1-5H3. The number of thioether (sulfide) groups is 1. The van der Waals surface area contributed by atoms with E-state index in [1.54, 1.807) is 18.7 Å². The SMILES string of the molecule is CCS(=O)(=O)C1CSCCN1CC(C)(C)CNCC(C)C. The molecule has 0 spiro atoms. The van der Waals surface area contributed by atoms with Crippen LogP contribution in [0.25, 0.3) is 0 Å². The molecule has 0 amide bonds. The van der Waals surface area contributed by atoms with Gasteiger partial charge in [0.25, 0.3) is 0 Å². The van der Waals surface area contributed by atoms with Gasteiger partial charge < -0.3 is 5.32 Å². The zero-order chi connectivity index (χ0) is 16.1. The van der Waals surface area contributed by atoms with E-state index in [2.05, 4.69) is 37.9 Å².